The number of nitrogens with zero attached hydrogens (tertiary/aromatic N) is 1. The van der Waals surface area contributed by atoms with Gasteiger partial charge in [-0.25, -0.2) is 9.37 Å². The van der Waals surface area contributed by atoms with Crippen LogP contribution in [0.4, 0.5) is 9.52 Å². The largest absolute Gasteiger partial charge is 0.302 e. The Hall–Kier alpha value is -1.75. The zero-order chi connectivity index (χ0) is 11.4. The fraction of sp³-hybridized carbons (Fsp3) is 0.0909. The Kier molecular flexibility index (Phi) is 3.26. The molecule has 0 unspecified atom stereocenters. The second-order valence-corrected chi connectivity index (χ2v) is 4.09. The summed E-state index contributed by atoms with van der Waals surface area (Å²) >= 11 is 1.35. The molecule has 0 fully saturated rings. The van der Waals surface area contributed by atoms with Gasteiger partial charge >= 0.3 is 0 Å². The Bertz CT molecular complexity index is 484. The van der Waals surface area contributed by atoms with Crippen molar-refractivity contribution < 1.29 is 9.18 Å². The number of aromatic nitrogens is 1. The summed E-state index contributed by atoms with van der Waals surface area (Å²) in [6, 6.07) is 6.00. The van der Waals surface area contributed by atoms with Gasteiger partial charge in [0.15, 0.2) is 5.13 Å². The van der Waals surface area contributed by atoms with E-state index < -0.39 is 0 Å². The number of halogens is 1. The highest BCUT2D eigenvalue weighted by atomic mass is 32.1. The Morgan fingerprint density at radius 1 is 1.50 bits per heavy atom. The number of carbonyl (C=O) groups excluding carboxylic acids is 1. The Labute approximate surface area is 96.0 Å². The molecule has 0 saturated carbocycles. The fourth-order valence-corrected chi connectivity index (χ4v) is 1.83. The second kappa shape index (κ2) is 4.85. The van der Waals surface area contributed by atoms with Crippen LogP contribution in [-0.2, 0) is 11.2 Å². The van der Waals surface area contributed by atoms with Crippen LogP contribution in [0.3, 0.4) is 0 Å². The molecular weight excluding hydrogens is 227 g/mol. The van der Waals surface area contributed by atoms with Crippen LogP contribution in [0.15, 0.2) is 35.8 Å². The first-order chi connectivity index (χ1) is 7.74. The number of carbonyl (C=O) groups is 1. The van der Waals surface area contributed by atoms with Crippen LogP contribution < -0.4 is 5.32 Å². The first kappa shape index (κ1) is 10.8. The summed E-state index contributed by atoms with van der Waals surface area (Å²) in [7, 11) is 0. The lowest BCUT2D eigenvalue weighted by Gasteiger charge is -2.01. The smallest absolute Gasteiger partial charge is 0.230 e. The van der Waals surface area contributed by atoms with Crippen molar-refractivity contribution in [2.24, 2.45) is 0 Å². The van der Waals surface area contributed by atoms with E-state index in [1.165, 1.54) is 23.5 Å². The maximum Gasteiger partial charge on any atom is 0.230 e. The highest BCUT2D eigenvalue weighted by Gasteiger charge is 2.05. The quantitative estimate of drug-likeness (QED) is 0.889. The molecule has 16 heavy (non-hydrogen) atoms. The van der Waals surface area contributed by atoms with Crippen LogP contribution in [-0.4, -0.2) is 10.9 Å². The van der Waals surface area contributed by atoms with Crippen molar-refractivity contribution in [3.05, 3.63) is 47.2 Å². The Balaban J connectivity index is 1.97. The maximum atomic E-state index is 12.9. The normalized spacial score (nSPS) is 10.1. The summed E-state index contributed by atoms with van der Waals surface area (Å²) in [5, 5.41) is 4.97. The van der Waals surface area contributed by atoms with E-state index in [0.717, 1.165) is 0 Å². The van der Waals surface area contributed by atoms with Crippen molar-refractivity contribution in [3.8, 4) is 0 Å². The number of anilines is 1. The van der Waals surface area contributed by atoms with Crippen molar-refractivity contribution in [1.29, 1.82) is 0 Å². The number of hydrogen-bond donors (Lipinski definition) is 1. The molecule has 0 aliphatic carbocycles. The van der Waals surface area contributed by atoms with E-state index in [0.29, 0.717) is 10.7 Å². The minimum atomic E-state index is -0.334. The molecule has 1 aromatic carbocycles. The molecule has 2 rings (SSSR count). The maximum absolute atomic E-state index is 12.9. The molecule has 1 amide bonds. The van der Waals surface area contributed by atoms with Crippen molar-refractivity contribution in [2.75, 3.05) is 5.32 Å². The minimum absolute atomic E-state index is 0.150. The predicted octanol–water partition coefficient (Wildman–Crippen LogP) is 2.46. The molecular formula is C11H9FN2OS. The van der Waals surface area contributed by atoms with Crippen molar-refractivity contribution in [1.82, 2.24) is 4.98 Å². The summed E-state index contributed by atoms with van der Waals surface area (Å²) in [5.41, 5.74) is 0.647. The fourth-order valence-electron chi connectivity index (χ4n) is 1.28. The lowest BCUT2D eigenvalue weighted by atomic mass is 10.1. The van der Waals surface area contributed by atoms with Gasteiger partial charge in [0.25, 0.3) is 0 Å². The van der Waals surface area contributed by atoms with E-state index in [9.17, 15) is 9.18 Å². The molecule has 1 N–H and O–H groups in total. The van der Waals surface area contributed by atoms with E-state index >= 15 is 0 Å². The number of thiazole rings is 1. The molecule has 82 valence electrons. The summed E-state index contributed by atoms with van der Waals surface area (Å²) in [6.07, 6.45) is 1.76. The number of benzene rings is 1. The SMILES string of the molecule is O=C(Cc1cccc(F)c1)Nc1nccs1. The molecule has 0 spiro atoms. The van der Waals surface area contributed by atoms with Crippen LogP contribution in [0, 0.1) is 5.82 Å². The number of hydrogen-bond acceptors (Lipinski definition) is 3. The molecule has 0 atom stereocenters. The van der Waals surface area contributed by atoms with Crippen molar-refractivity contribution in [2.45, 2.75) is 6.42 Å². The van der Waals surface area contributed by atoms with Crippen molar-refractivity contribution >= 4 is 22.4 Å². The number of nitrogens with one attached hydrogen (secondary N) is 1. The molecule has 0 aliphatic rings. The molecule has 2 aromatic rings. The summed E-state index contributed by atoms with van der Waals surface area (Å²) < 4.78 is 12.9. The highest BCUT2D eigenvalue weighted by molar-refractivity contribution is 7.13. The Morgan fingerprint density at radius 3 is 3.06 bits per heavy atom. The van der Waals surface area contributed by atoms with Gasteiger partial charge in [-0.2, -0.15) is 0 Å². The van der Waals surface area contributed by atoms with E-state index in [1.54, 1.807) is 23.7 Å². The van der Waals surface area contributed by atoms with Gasteiger partial charge in [0.1, 0.15) is 5.82 Å². The summed E-state index contributed by atoms with van der Waals surface area (Å²) in [5.74, 6) is -0.528. The first-order valence-corrected chi connectivity index (χ1v) is 5.56. The third-order valence-electron chi connectivity index (χ3n) is 1.93. The van der Waals surface area contributed by atoms with Crippen LogP contribution >= 0.6 is 11.3 Å². The molecule has 5 heteroatoms. The van der Waals surface area contributed by atoms with Gasteiger partial charge in [-0.15, -0.1) is 11.3 Å². The molecule has 1 aromatic heterocycles. The summed E-state index contributed by atoms with van der Waals surface area (Å²) in [6.45, 7) is 0. The minimum Gasteiger partial charge on any atom is -0.302 e. The second-order valence-electron chi connectivity index (χ2n) is 3.19. The van der Waals surface area contributed by atoms with E-state index in [4.69, 9.17) is 0 Å². The highest BCUT2D eigenvalue weighted by Crippen LogP contribution is 2.11. The zero-order valence-electron chi connectivity index (χ0n) is 8.31. The van der Waals surface area contributed by atoms with Crippen LogP contribution in [0.5, 0.6) is 0 Å². The van der Waals surface area contributed by atoms with E-state index in [1.807, 2.05) is 0 Å². The van der Waals surface area contributed by atoms with Crippen LogP contribution in [0.1, 0.15) is 5.56 Å². The number of amides is 1. The molecule has 0 radical (unpaired) electrons. The van der Waals surface area contributed by atoms with Gasteiger partial charge in [0.05, 0.1) is 6.42 Å². The average molecular weight is 236 g/mol. The molecule has 3 nitrogen and oxygen atoms in total. The Morgan fingerprint density at radius 2 is 2.38 bits per heavy atom. The molecule has 1 heterocycles. The molecule has 0 aliphatic heterocycles. The van der Waals surface area contributed by atoms with Gasteiger partial charge < -0.3 is 5.32 Å². The zero-order valence-corrected chi connectivity index (χ0v) is 9.13. The third-order valence-corrected chi connectivity index (χ3v) is 2.62. The number of rotatable bonds is 3. The third kappa shape index (κ3) is 2.87. The van der Waals surface area contributed by atoms with Gasteiger partial charge in [-0.05, 0) is 17.7 Å². The van der Waals surface area contributed by atoms with Gasteiger partial charge in [0.2, 0.25) is 5.91 Å². The lowest BCUT2D eigenvalue weighted by Crippen LogP contribution is -2.14. The van der Waals surface area contributed by atoms with Crippen LogP contribution in [0.2, 0.25) is 0 Å². The molecule has 0 bridgehead atoms. The van der Waals surface area contributed by atoms with E-state index in [-0.39, 0.29) is 18.1 Å². The monoisotopic (exact) mass is 236 g/mol. The predicted molar refractivity (Wildman–Crippen MR) is 60.8 cm³/mol. The first-order valence-electron chi connectivity index (χ1n) is 4.68. The summed E-state index contributed by atoms with van der Waals surface area (Å²) in [4.78, 5) is 15.5. The molecule has 0 saturated heterocycles. The van der Waals surface area contributed by atoms with Gasteiger partial charge in [-0.1, -0.05) is 12.1 Å². The van der Waals surface area contributed by atoms with Gasteiger partial charge in [-0.3, -0.25) is 4.79 Å². The van der Waals surface area contributed by atoms with Gasteiger partial charge in [0, 0.05) is 11.6 Å². The topological polar surface area (TPSA) is 42.0 Å². The van der Waals surface area contributed by atoms with Crippen LogP contribution in [0.25, 0.3) is 0 Å². The standard InChI is InChI=1S/C11H9FN2OS/c12-9-3-1-2-8(6-9)7-10(15)14-11-13-4-5-16-11/h1-6H,7H2,(H,13,14,15). The average Bonchev–Trinajstić information content (AvgIpc) is 2.70. The van der Waals surface area contributed by atoms with E-state index in [2.05, 4.69) is 10.3 Å². The van der Waals surface area contributed by atoms with Crippen molar-refractivity contribution in [3.63, 3.8) is 0 Å². The lowest BCUT2D eigenvalue weighted by molar-refractivity contribution is -0.115.